The Hall–Kier alpha value is -6.77. The van der Waals surface area contributed by atoms with Gasteiger partial charge < -0.3 is 76.8 Å². The lowest BCUT2D eigenvalue weighted by Gasteiger charge is -2.27. The molecule has 0 bridgehead atoms. The van der Waals surface area contributed by atoms with E-state index in [-0.39, 0.29) is 45.8 Å². The summed E-state index contributed by atoms with van der Waals surface area (Å²) < 4.78 is 10.2. The molecular weight excluding hydrogens is 1010 g/mol. The maximum atomic E-state index is 13.8. The molecule has 0 spiro atoms. The number of rotatable bonds is 50. The van der Waals surface area contributed by atoms with Crippen molar-refractivity contribution in [2.24, 2.45) is 0 Å². The van der Waals surface area contributed by atoms with Crippen molar-refractivity contribution in [2.75, 3.05) is 33.0 Å². The Morgan fingerprint density at radius 3 is 0.921 bits per heavy atom. The number of carboxylic acid groups (broad SMARTS) is 6. The third-order valence-corrected chi connectivity index (χ3v) is 11.6. The van der Waals surface area contributed by atoms with Gasteiger partial charge in [-0.3, -0.25) is 57.5 Å². The summed E-state index contributed by atoms with van der Waals surface area (Å²) in [6.45, 7) is -0.219. The number of carbonyl (C=O) groups excluding carboxylic acids is 7. The molecule has 0 radical (unpaired) electrons. The molecule has 0 saturated carbocycles. The van der Waals surface area contributed by atoms with E-state index in [1.54, 1.807) is 0 Å². The van der Waals surface area contributed by atoms with E-state index < -0.39 is 166 Å². The Bertz CT molecular complexity index is 1850. The number of ether oxygens (including phenoxy) is 2. The smallest absolute Gasteiger partial charge is 0.303 e. The first kappa shape index (κ1) is 69.2. The van der Waals surface area contributed by atoms with Crippen LogP contribution in [-0.4, -0.2) is 171 Å². The first-order valence-electron chi connectivity index (χ1n) is 25.8. The normalized spacial score (nSPS) is 12.8. The third-order valence-electron chi connectivity index (χ3n) is 11.6. The molecule has 27 heteroatoms. The number of aldehydes is 1. The van der Waals surface area contributed by atoms with E-state index in [2.05, 4.69) is 31.9 Å². The summed E-state index contributed by atoms with van der Waals surface area (Å²) in [5.41, 5.74) is 0. The molecule has 0 aliphatic heterocycles. The van der Waals surface area contributed by atoms with Crippen molar-refractivity contribution in [3.05, 3.63) is 0 Å². The highest BCUT2D eigenvalue weighted by Crippen LogP contribution is 2.15. The van der Waals surface area contributed by atoms with E-state index in [0.29, 0.717) is 25.5 Å². The van der Waals surface area contributed by atoms with Gasteiger partial charge in [0.15, 0.2) is 0 Å². The molecule has 5 atom stereocenters. The van der Waals surface area contributed by atoms with Crippen molar-refractivity contribution in [3.63, 3.8) is 0 Å². The summed E-state index contributed by atoms with van der Waals surface area (Å²) in [4.78, 5) is 159. The molecule has 432 valence electrons. The Balaban J connectivity index is 5.86. The maximum absolute atomic E-state index is 13.8. The Morgan fingerprint density at radius 2 is 0.605 bits per heavy atom. The molecule has 0 unspecified atom stereocenters. The highest BCUT2D eigenvalue weighted by atomic mass is 16.5. The highest BCUT2D eigenvalue weighted by molar-refractivity contribution is 5.97. The molecule has 0 fully saturated rings. The number of carboxylic acids is 6. The standard InChI is InChI=1S/C49H80N6O21/c56-28-30-76-32-31-75-29-27-50-45(70)33(17-22-40(60)61)52-47(72)35(19-24-42(64)65)54-49(74)37(21-26-44(68)69)55-48(73)36(20-25-43(66)67)53-46(71)34(18-23-41(62)63)51-38(57)15-13-11-9-7-5-3-1-2-4-6-8-10-12-14-16-39(58)59/h28,33-37H,1-27,29-32H2,(H,50,70)(H,51,57)(H,52,72)(H,53,71)(H,54,74)(H,55,73)(H,58,59)(H,60,61)(H,62,63)(H,64,65)(H,66,67)(H,68,69)/t33-,34-,35-,36-,37-/m0/s1. The quantitative estimate of drug-likeness (QED) is 0.0303. The first-order chi connectivity index (χ1) is 36.2. The number of aliphatic carboxylic acids is 6. The van der Waals surface area contributed by atoms with Crippen LogP contribution >= 0.6 is 0 Å². The van der Waals surface area contributed by atoms with Gasteiger partial charge in [0.2, 0.25) is 35.4 Å². The minimum absolute atomic E-state index is 0.0182. The molecular formula is C49H80N6O21. The first-order valence-corrected chi connectivity index (χ1v) is 25.8. The summed E-state index contributed by atoms with van der Waals surface area (Å²) in [6, 6.07) is -8.50. The highest BCUT2D eigenvalue weighted by Gasteiger charge is 2.33. The second kappa shape index (κ2) is 43.5. The molecule has 0 aromatic rings. The van der Waals surface area contributed by atoms with Gasteiger partial charge in [0, 0.05) is 51.5 Å². The molecule has 0 heterocycles. The predicted molar refractivity (Wildman–Crippen MR) is 266 cm³/mol. The van der Waals surface area contributed by atoms with Gasteiger partial charge in [0.25, 0.3) is 0 Å². The van der Waals surface area contributed by atoms with Crippen LogP contribution in [0.4, 0.5) is 0 Å². The summed E-state index contributed by atoms with van der Waals surface area (Å²) >= 11 is 0. The number of nitrogens with one attached hydrogen (secondary N) is 6. The van der Waals surface area contributed by atoms with Gasteiger partial charge in [-0.25, -0.2) is 0 Å². The number of amides is 6. The SMILES string of the molecule is O=CCOCCOCCNC(=O)[C@H](CCC(=O)O)NC(=O)[C@H](CCC(=O)O)NC(=O)[C@H](CCC(=O)O)NC(=O)[C@H](CCC(=O)O)NC(=O)[C@H](CCC(=O)O)NC(=O)CCCCCCCCCCCCCCCCC(=O)O. The van der Waals surface area contributed by atoms with Gasteiger partial charge in [-0.1, -0.05) is 77.0 Å². The van der Waals surface area contributed by atoms with Crippen LogP contribution in [0, 0.1) is 0 Å². The van der Waals surface area contributed by atoms with Crippen LogP contribution in [0.3, 0.4) is 0 Å². The zero-order chi connectivity index (χ0) is 57.1. The zero-order valence-corrected chi connectivity index (χ0v) is 43.2. The van der Waals surface area contributed by atoms with Crippen molar-refractivity contribution in [3.8, 4) is 0 Å². The van der Waals surface area contributed by atoms with E-state index in [0.717, 1.165) is 70.6 Å². The fourth-order valence-corrected chi connectivity index (χ4v) is 7.44. The third kappa shape index (κ3) is 38.8. The van der Waals surface area contributed by atoms with Crippen molar-refractivity contribution >= 4 is 77.5 Å². The van der Waals surface area contributed by atoms with Gasteiger partial charge in [0.1, 0.15) is 43.1 Å². The summed E-state index contributed by atoms with van der Waals surface area (Å²) in [7, 11) is 0. The Morgan fingerprint density at radius 1 is 0.329 bits per heavy atom. The number of unbranched alkanes of at least 4 members (excludes halogenated alkanes) is 13. The Labute approximate surface area is 441 Å². The maximum Gasteiger partial charge on any atom is 0.303 e. The zero-order valence-electron chi connectivity index (χ0n) is 43.2. The van der Waals surface area contributed by atoms with E-state index in [9.17, 15) is 87.9 Å². The summed E-state index contributed by atoms with van der Waals surface area (Å²) in [6.07, 6.45) is 7.64. The van der Waals surface area contributed by atoms with Crippen LogP contribution in [0.2, 0.25) is 0 Å². The molecule has 0 aliphatic carbocycles. The van der Waals surface area contributed by atoms with E-state index in [1.165, 1.54) is 0 Å². The minimum atomic E-state index is -1.85. The van der Waals surface area contributed by atoms with E-state index in [1.807, 2.05) is 0 Å². The fraction of sp³-hybridized carbons (Fsp3) is 0.735. The van der Waals surface area contributed by atoms with Gasteiger partial charge in [-0.05, 0) is 44.9 Å². The van der Waals surface area contributed by atoms with Crippen LogP contribution in [-0.2, 0) is 71.8 Å². The lowest BCUT2D eigenvalue weighted by molar-refractivity contribution is -0.141. The topological polar surface area (TPSA) is 434 Å². The van der Waals surface area contributed by atoms with Crippen molar-refractivity contribution < 1.29 is 102 Å². The number of hydrogen-bond donors (Lipinski definition) is 12. The lowest BCUT2D eigenvalue weighted by Crippen LogP contribution is -2.59. The average Bonchev–Trinajstić information content (AvgIpc) is 3.35. The minimum Gasteiger partial charge on any atom is -0.481 e. The predicted octanol–water partition coefficient (Wildman–Crippen LogP) is 1.41. The van der Waals surface area contributed by atoms with Crippen molar-refractivity contribution in [2.45, 2.75) is 197 Å². The van der Waals surface area contributed by atoms with Crippen molar-refractivity contribution in [1.82, 2.24) is 31.9 Å². The largest absolute Gasteiger partial charge is 0.481 e. The van der Waals surface area contributed by atoms with Crippen LogP contribution in [0.15, 0.2) is 0 Å². The molecule has 0 aliphatic rings. The number of hydrogen-bond acceptors (Lipinski definition) is 15. The van der Waals surface area contributed by atoms with Gasteiger partial charge in [-0.15, -0.1) is 0 Å². The van der Waals surface area contributed by atoms with Crippen molar-refractivity contribution in [1.29, 1.82) is 0 Å². The molecule has 76 heavy (non-hydrogen) atoms. The second-order valence-corrected chi connectivity index (χ2v) is 18.0. The molecule has 6 amide bonds. The van der Waals surface area contributed by atoms with Gasteiger partial charge in [-0.2, -0.15) is 0 Å². The Kier molecular flexibility index (Phi) is 39.6. The monoisotopic (exact) mass is 1090 g/mol. The number of carbonyl (C=O) groups is 13. The van der Waals surface area contributed by atoms with Gasteiger partial charge >= 0.3 is 35.8 Å². The summed E-state index contributed by atoms with van der Waals surface area (Å²) in [5.74, 6) is -14.0. The molecule has 0 aromatic heterocycles. The van der Waals surface area contributed by atoms with Crippen LogP contribution in [0.5, 0.6) is 0 Å². The molecule has 0 saturated heterocycles. The van der Waals surface area contributed by atoms with Crippen LogP contribution in [0.1, 0.15) is 167 Å². The second-order valence-electron chi connectivity index (χ2n) is 18.0. The van der Waals surface area contributed by atoms with Crippen LogP contribution < -0.4 is 31.9 Å². The lowest BCUT2D eigenvalue weighted by atomic mass is 10.0. The molecule has 27 nitrogen and oxygen atoms in total. The summed E-state index contributed by atoms with van der Waals surface area (Å²) in [5, 5.41) is 69.6. The molecule has 0 rings (SSSR count). The van der Waals surface area contributed by atoms with E-state index in [4.69, 9.17) is 14.6 Å². The van der Waals surface area contributed by atoms with Crippen LogP contribution in [0.25, 0.3) is 0 Å². The fourth-order valence-electron chi connectivity index (χ4n) is 7.44. The van der Waals surface area contributed by atoms with E-state index >= 15 is 0 Å². The average molecular weight is 1090 g/mol. The molecule has 0 aromatic carbocycles. The molecule has 12 N–H and O–H groups in total. The van der Waals surface area contributed by atoms with Gasteiger partial charge in [0.05, 0.1) is 19.8 Å².